The molecule has 4 nitrogen and oxygen atoms in total. The Morgan fingerprint density at radius 3 is 3.06 bits per heavy atom. The summed E-state index contributed by atoms with van der Waals surface area (Å²) in [5.41, 5.74) is 2.12. The molecule has 0 aromatic carbocycles. The summed E-state index contributed by atoms with van der Waals surface area (Å²) in [6, 6.07) is 4.22. The molecule has 0 saturated heterocycles. The van der Waals surface area contributed by atoms with Gasteiger partial charge in [0.05, 0.1) is 12.6 Å². The number of carbonyl (C=O) groups is 1. The van der Waals surface area contributed by atoms with E-state index in [4.69, 9.17) is 0 Å². The van der Waals surface area contributed by atoms with Crippen molar-refractivity contribution in [1.82, 2.24) is 14.3 Å². The van der Waals surface area contributed by atoms with E-state index in [9.17, 15) is 4.79 Å². The smallest absolute Gasteiger partial charge is 0.164 e. The van der Waals surface area contributed by atoms with Gasteiger partial charge >= 0.3 is 0 Å². The monoisotopic (exact) mass is 243 g/mol. The van der Waals surface area contributed by atoms with Crippen LogP contribution in [0.5, 0.6) is 0 Å². The predicted molar refractivity (Wildman–Crippen MR) is 68.6 cm³/mol. The molecule has 0 spiro atoms. The number of hydrogen-bond acceptors (Lipinski definition) is 2. The number of aromatic nitrogens is 3. The number of fused-ring (bicyclic) bond motifs is 1. The second-order valence-electron chi connectivity index (χ2n) is 4.94. The maximum Gasteiger partial charge on any atom is 0.164 e. The molecule has 0 aliphatic heterocycles. The number of ketones is 1. The van der Waals surface area contributed by atoms with Crippen LogP contribution in [0.3, 0.4) is 0 Å². The molecular formula is C14H17N3O. The van der Waals surface area contributed by atoms with E-state index in [1.165, 1.54) is 5.69 Å². The normalized spacial score (nSPS) is 16.6. The number of nitrogens with zero attached hydrogens (tertiary/aromatic N) is 3. The lowest BCUT2D eigenvalue weighted by atomic mass is 9.96. The maximum atomic E-state index is 11.8. The summed E-state index contributed by atoms with van der Waals surface area (Å²) in [4.78, 5) is 11.8. The summed E-state index contributed by atoms with van der Waals surface area (Å²) in [7, 11) is 0. The van der Waals surface area contributed by atoms with Crippen LogP contribution in [0.25, 0.3) is 0 Å². The van der Waals surface area contributed by atoms with Crippen LogP contribution >= 0.6 is 0 Å². The summed E-state index contributed by atoms with van der Waals surface area (Å²) in [5.74, 6) is 0.293. The zero-order valence-corrected chi connectivity index (χ0v) is 10.5. The van der Waals surface area contributed by atoms with Crippen molar-refractivity contribution in [2.24, 2.45) is 0 Å². The third-order valence-electron chi connectivity index (χ3n) is 3.63. The molecule has 2 aromatic rings. The fourth-order valence-corrected chi connectivity index (χ4v) is 2.73. The Balaban J connectivity index is 1.86. The number of carbonyl (C=O) groups excluding carboxylic acids is 1. The van der Waals surface area contributed by atoms with Gasteiger partial charge in [-0.25, -0.2) is 0 Å². The molecule has 18 heavy (non-hydrogen) atoms. The lowest BCUT2D eigenvalue weighted by Gasteiger charge is -2.20. The predicted octanol–water partition coefficient (Wildman–Crippen LogP) is 2.46. The average Bonchev–Trinajstić information content (AvgIpc) is 2.98. The van der Waals surface area contributed by atoms with Crippen molar-refractivity contribution in [2.45, 2.75) is 38.8 Å². The topological polar surface area (TPSA) is 39.8 Å². The van der Waals surface area contributed by atoms with Crippen LogP contribution in [0.2, 0.25) is 0 Å². The fourth-order valence-electron chi connectivity index (χ4n) is 2.73. The fraction of sp³-hybridized carbons (Fsp3) is 0.429. The zero-order valence-electron chi connectivity index (χ0n) is 10.5. The van der Waals surface area contributed by atoms with Crippen LogP contribution in [-0.4, -0.2) is 20.1 Å². The van der Waals surface area contributed by atoms with Gasteiger partial charge in [-0.1, -0.05) is 0 Å². The first kappa shape index (κ1) is 11.3. The van der Waals surface area contributed by atoms with Gasteiger partial charge in [0, 0.05) is 36.3 Å². The van der Waals surface area contributed by atoms with Gasteiger partial charge in [-0.3, -0.25) is 9.48 Å². The molecule has 0 fully saturated rings. The van der Waals surface area contributed by atoms with E-state index < -0.39 is 0 Å². The van der Waals surface area contributed by atoms with Gasteiger partial charge in [0.15, 0.2) is 5.78 Å². The molecule has 0 N–H and O–H groups in total. The summed E-state index contributed by atoms with van der Waals surface area (Å²) in [6.07, 6.45) is 8.49. The summed E-state index contributed by atoms with van der Waals surface area (Å²) in [5, 5.41) is 4.23. The van der Waals surface area contributed by atoms with E-state index in [1.54, 1.807) is 6.20 Å². The highest BCUT2D eigenvalue weighted by Gasteiger charge is 2.22. The Kier molecular flexibility index (Phi) is 2.78. The second kappa shape index (κ2) is 4.44. The molecule has 1 aliphatic rings. The van der Waals surface area contributed by atoms with Crippen LogP contribution in [0, 0.1) is 0 Å². The molecule has 0 radical (unpaired) electrons. The Bertz CT molecular complexity index is 554. The van der Waals surface area contributed by atoms with Crippen LogP contribution in [0.1, 0.15) is 41.9 Å². The number of hydrogen-bond donors (Lipinski definition) is 0. The first-order valence-corrected chi connectivity index (χ1v) is 6.46. The maximum absolute atomic E-state index is 11.8. The Morgan fingerprint density at radius 1 is 1.39 bits per heavy atom. The summed E-state index contributed by atoms with van der Waals surface area (Å²) >= 11 is 0. The van der Waals surface area contributed by atoms with E-state index in [0.29, 0.717) is 18.2 Å². The van der Waals surface area contributed by atoms with Crippen molar-refractivity contribution < 1.29 is 4.79 Å². The first-order chi connectivity index (χ1) is 8.75. The molecule has 94 valence electrons. The van der Waals surface area contributed by atoms with Crippen molar-refractivity contribution in [3.8, 4) is 0 Å². The molecule has 0 amide bonds. The lowest BCUT2D eigenvalue weighted by molar-refractivity contribution is 0.0971. The van der Waals surface area contributed by atoms with Gasteiger partial charge in [-0.2, -0.15) is 5.10 Å². The quantitative estimate of drug-likeness (QED) is 0.830. The van der Waals surface area contributed by atoms with Crippen molar-refractivity contribution >= 4 is 5.78 Å². The van der Waals surface area contributed by atoms with E-state index in [-0.39, 0.29) is 0 Å². The Labute approximate surface area is 106 Å². The first-order valence-electron chi connectivity index (χ1n) is 6.46. The second-order valence-corrected chi connectivity index (χ2v) is 4.94. The summed E-state index contributed by atoms with van der Waals surface area (Å²) < 4.78 is 4.16. The van der Waals surface area contributed by atoms with Gasteiger partial charge in [0.1, 0.15) is 0 Å². The van der Waals surface area contributed by atoms with Crippen LogP contribution in [0.4, 0.5) is 0 Å². The van der Waals surface area contributed by atoms with Crippen molar-refractivity contribution in [2.75, 3.05) is 0 Å². The minimum atomic E-state index is 0.293. The molecule has 2 heterocycles. The van der Waals surface area contributed by atoms with Gasteiger partial charge in [-0.05, 0) is 31.9 Å². The number of Topliss-reactive ketones (excluding diaryl/α,β-unsaturated/α-hetero) is 1. The molecule has 0 saturated carbocycles. The Hall–Kier alpha value is -1.84. The third kappa shape index (κ3) is 1.88. The zero-order chi connectivity index (χ0) is 12.5. The van der Waals surface area contributed by atoms with E-state index in [2.05, 4.69) is 16.6 Å². The van der Waals surface area contributed by atoms with Crippen LogP contribution in [0.15, 0.2) is 30.7 Å². The molecule has 1 atom stereocenters. The number of rotatable bonds is 3. The van der Waals surface area contributed by atoms with E-state index >= 15 is 0 Å². The van der Waals surface area contributed by atoms with Gasteiger partial charge in [0.2, 0.25) is 0 Å². The van der Waals surface area contributed by atoms with Crippen molar-refractivity contribution in [3.05, 3.63) is 42.0 Å². The third-order valence-corrected chi connectivity index (χ3v) is 3.63. The SMILES string of the molecule is CC(Cn1cccn1)n1ccc2c1CCCC2=O. The molecule has 3 rings (SSSR count). The van der Waals surface area contributed by atoms with E-state index in [0.717, 1.165) is 24.9 Å². The molecule has 2 aromatic heterocycles. The minimum Gasteiger partial charge on any atom is -0.346 e. The largest absolute Gasteiger partial charge is 0.346 e. The highest BCUT2D eigenvalue weighted by atomic mass is 16.1. The highest BCUT2D eigenvalue weighted by molar-refractivity contribution is 5.98. The molecule has 0 bridgehead atoms. The van der Waals surface area contributed by atoms with Crippen LogP contribution < -0.4 is 0 Å². The summed E-state index contributed by atoms with van der Waals surface area (Å²) in [6.45, 7) is 3.00. The van der Waals surface area contributed by atoms with Crippen LogP contribution in [-0.2, 0) is 13.0 Å². The Morgan fingerprint density at radius 2 is 2.28 bits per heavy atom. The molecule has 1 aliphatic carbocycles. The van der Waals surface area contributed by atoms with Gasteiger partial charge in [-0.15, -0.1) is 0 Å². The highest BCUT2D eigenvalue weighted by Crippen LogP contribution is 2.25. The standard InChI is InChI=1S/C14H17N3O/c1-11(10-16-8-3-7-15-16)17-9-6-12-13(17)4-2-5-14(12)18/h3,6-9,11H,2,4-5,10H2,1H3. The average molecular weight is 243 g/mol. The minimum absolute atomic E-state index is 0.293. The molecule has 4 heteroatoms. The van der Waals surface area contributed by atoms with E-state index in [1.807, 2.05) is 29.2 Å². The van der Waals surface area contributed by atoms with Crippen molar-refractivity contribution in [3.63, 3.8) is 0 Å². The van der Waals surface area contributed by atoms with Gasteiger partial charge in [0.25, 0.3) is 0 Å². The van der Waals surface area contributed by atoms with Gasteiger partial charge < -0.3 is 4.57 Å². The molecular weight excluding hydrogens is 226 g/mol. The molecule has 1 unspecified atom stereocenters. The van der Waals surface area contributed by atoms with Crippen molar-refractivity contribution in [1.29, 1.82) is 0 Å². The lowest BCUT2D eigenvalue weighted by Crippen LogP contribution is -2.18.